The molecule has 36 heavy (non-hydrogen) atoms. The first-order valence-corrected chi connectivity index (χ1v) is 12.5. The van der Waals surface area contributed by atoms with E-state index in [1.807, 2.05) is 6.07 Å². The first-order chi connectivity index (χ1) is 17.4. The Hall–Kier alpha value is -3.30. The minimum absolute atomic E-state index is 0.168. The molecule has 10 heteroatoms. The lowest BCUT2D eigenvalue weighted by Crippen LogP contribution is -2.31. The van der Waals surface area contributed by atoms with Crippen molar-refractivity contribution in [2.75, 3.05) is 32.1 Å². The minimum atomic E-state index is -1.57. The molecule has 2 aliphatic rings. The Balaban J connectivity index is 1.56. The van der Waals surface area contributed by atoms with Gasteiger partial charge in [-0.2, -0.15) is 0 Å². The molecule has 190 valence electrons. The molecule has 1 aromatic carbocycles. The molecule has 1 saturated heterocycles. The van der Waals surface area contributed by atoms with Crippen molar-refractivity contribution >= 4 is 28.9 Å². The summed E-state index contributed by atoms with van der Waals surface area (Å²) in [6.45, 7) is 3.41. The number of ether oxygens (including phenoxy) is 2. The molecule has 0 aliphatic carbocycles. The van der Waals surface area contributed by atoms with E-state index in [4.69, 9.17) is 21.1 Å². The monoisotopic (exact) mass is 513 g/mol. The number of aromatic amines is 1. The maximum atomic E-state index is 13.8. The first-order valence-electron chi connectivity index (χ1n) is 12.1. The second kappa shape index (κ2) is 10.4. The van der Waals surface area contributed by atoms with Gasteiger partial charge in [0.05, 0.1) is 33.9 Å². The van der Waals surface area contributed by atoms with Gasteiger partial charge in [-0.05, 0) is 44.6 Å². The maximum absolute atomic E-state index is 13.8. The number of alkyl halides is 1. The average molecular weight is 514 g/mol. The van der Waals surface area contributed by atoms with Crippen LogP contribution in [0.15, 0.2) is 36.7 Å². The molecule has 0 radical (unpaired) electrons. The number of halogens is 2. The van der Waals surface area contributed by atoms with Crippen LogP contribution in [0.25, 0.3) is 11.3 Å². The van der Waals surface area contributed by atoms with E-state index in [0.29, 0.717) is 54.0 Å². The number of hydrogen-bond donors (Lipinski definition) is 3. The summed E-state index contributed by atoms with van der Waals surface area (Å²) in [4.78, 5) is 23.0. The number of pyridine rings is 1. The van der Waals surface area contributed by atoms with Crippen LogP contribution in [-0.2, 0) is 6.42 Å². The second-order valence-electron chi connectivity index (χ2n) is 9.10. The molecule has 0 saturated carbocycles. The Morgan fingerprint density at radius 1 is 1.36 bits per heavy atom. The molecule has 2 aliphatic heterocycles. The van der Waals surface area contributed by atoms with Crippen molar-refractivity contribution < 1.29 is 18.7 Å². The molecule has 4 heterocycles. The molecule has 5 rings (SSSR count). The van der Waals surface area contributed by atoms with Crippen LogP contribution < -0.4 is 20.1 Å². The van der Waals surface area contributed by atoms with Crippen LogP contribution in [0, 0.1) is 0 Å². The topological polar surface area (TPSA) is 91.5 Å². The molecule has 1 amide bonds. The zero-order chi connectivity index (χ0) is 25.2. The van der Waals surface area contributed by atoms with Gasteiger partial charge in [-0.15, -0.1) is 0 Å². The van der Waals surface area contributed by atoms with Crippen molar-refractivity contribution in [3.63, 3.8) is 0 Å². The Bertz CT molecular complexity index is 1260. The molecule has 2 atom stereocenters. The van der Waals surface area contributed by atoms with Crippen LogP contribution in [0.1, 0.15) is 35.8 Å². The van der Waals surface area contributed by atoms with Crippen molar-refractivity contribution in [1.82, 2.24) is 20.2 Å². The Labute approximate surface area is 214 Å². The van der Waals surface area contributed by atoms with Crippen LogP contribution in [0.4, 0.5) is 15.8 Å². The second-order valence-corrected chi connectivity index (χ2v) is 9.50. The number of anilines is 2. The van der Waals surface area contributed by atoms with E-state index in [9.17, 15) is 9.18 Å². The number of nitrogens with one attached hydrogen (secondary N) is 3. The fourth-order valence-corrected chi connectivity index (χ4v) is 5.03. The number of rotatable bonds is 8. The number of carbonyl (C=O) groups excluding carboxylic acids is 1. The van der Waals surface area contributed by atoms with E-state index in [1.54, 1.807) is 30.6 Å². The average Bonchev–Trinajstić information content (AvgIpc) is 3.43. The summed E-state index contributed by atoms with van der Waals surface area (Å²) >= 11 is 6.33. The molecule has 0 spiro atoms. The molecule has 0 bridgehead atoms. The number of hydrogen-bond acceptors (Lipinski definition) is 6. The first kappa shape index (κ1) is 24.4. The third-order valence-electron chi connectivity index (χ3n) is 6.63. The standard InChI is InChI=1S/C26H29ClFN5O3/c1-15(28)36-25-18(27)6-3-7-20(25)32-24-22-19(9-11-30-26(22)34)31-23(24)17-8-10-29-13-21(17)35-14-16-5-4-12-33(16)2/h3,6-8,10,13,15-16,31-32H,4-5,9,11-12,14H2,1-2H3,(H,30,34)/t15?,16-/m0/s1. The van der Waals surface area contributed by atoms with Crippen LogP contribution in [-0.4, -0.2) is 59.9 Å². The zero-order valence-electron chi connectivity index (χ0n) is 20.2. The highest BCUT2D eigenvalue weighted by Gasteiger charge is 2.29. The Kier molecular flexibility index (Phi) is 7.02. The van der Waals surface area contributed by atoms with Gasteiger partial charge in [-0.3, -0.25) is 9.78 Å². The Morgan fingerprint density at radius 2 is 2.22 bits per heavy atom. The third-order valence-corrected chi connectivity index (χ3v) is 6.93. The van der Waals surface area contributed by atoms with E-state index in [-0.39, 0.29) is 16.7 Å². The summed E-state index contributed by atoms with van der Waals surface area (Å²) < 4.78 is 25.4. The van der Waals surface area contributed by atoms with Crippen molar-refractivity contribution in [3.8, 4) is 22.8 Å². The quantitative estimate of drug-likeness (QED) is 0.396. The van der Waals surface area contributed by atoms with Gasteiger partial charge >= 0.3 is 0 Å². The normalized spacial score (nSPS) is 18.4. The van der Waals surface area contributed by atoms with Crippen LogP contribution in [0.3, 0.4) is 0 Å². The number of amides is 1. The molecule has 1 unspecified atom stereocenters. The van der Waals surface area contributed by atoms with Gasteiger partial charge in [-0.25, -0.2) is 4.39 Å². The third kappa shape index (κ3) is 4.85. The fraction of sp³-hybridized carbons (Fsp3) is 0.385. The van der Waals surface area contributed by atoms with Crippen molar-refractivity contribution in [2.45, 2.75) is 38.6 Å². The summed E-state index contributed by atoms with van der Waals surface area (Å²) in [5, 5.41) is 6.47. The number of carbonyl (C=O) groups is 1. The van der Waals surface area contributed by atoms with Gasteiger partial charge < -0.3 is 30.0 Å². The highest BCUT2D eigenvalue weighted by atomic mass is 35.5. The highest BCUT2D eigenvalue weighted by molar-refractivity contribution is 6.32. The smallest absolute Gasteiger partial charge is 0.255 e. The molecule has 3 aromatic rings. The summed E-state index contributed by atoms with van der Waals surface area (Å²) in [6, 6.07) is 7.28. The van der Waals surface area contributed by atoms with Gasteiger partial charge in [0.15, 0.2) is 5.75 Å². The lowest BCUT2D eigenvalue weighted by atomic mass is 10.0. The number of fused-ring (bicyclic) bond motifs is 1. The van der Waals surface area contributed by atoms with Crippen LogP contribution >= 0.6 is 11.6 Å². The summed E-state index contributed by atoms with van der Waals surface area (Å²) in [5.41, 5.74) is 3.71. The van der Waals surface area contributed by atoms with Crippen LogP contribution in [0.2, 0.25) is 5.02 Å². The van der Waals surface area contributed by atoms with Crippen molar-refractivity contribution in [3.05, 3.63) is 52.9 Å². The van der Waals surface area contributed by atoms with E-state index >= 15 is 0 Å². The molecule has 3 N–H and O–H groups in total. The van der Waals surface area contributed by atoms with Crippen LogP contribution in [0.5, 0.6) is 11.5 Å². The summed E-state index contributed by atoms with van der Waals surface area (Å²) in [6.07, 6.45) is 4.68. The lowest BCUT2D eigenvalue weighted by Gasteiger charge is -2.21. The predicted molar refractivity (Wildman–Crippen MR) is 137 cm³/mol. The predicted octanol–water partition coefficient (Wildman–Crippen LogP) is 4.93. The zero-order valence-corrected chi connectivity index (χ0v) is 21.0. The number of likely N-dealkylation sites (N-methyl/N-ethyl adjacent to an activating group) is 1. The summed E-state index contributed by atoms with van der Waals surface area (Å²) in [5.74, 6) is 0.579. The fourth-order valence-electron chi connectivity index (χ4n) is 4.81. The molecular formula is C26H29ClFN5O3. The lowest BCUT2D eigenvalue weighted by molar-refractivity contribution is 0.0868. The number of likely N-dealkylation sites (tertiary alicyclic amines) is 1. The van der Waals surface area contributed by atoms with Crippen molar-refractivity contribution in [2.24, 2.45) is 0 Å². The minimum Gasteiger partial charge on any atom is -0.490 e. The van der Waals surface area contributed by atoms with E-state index in [1.165, 1.54) is 6.92 Å². The molecule has 8 nitrogen and oxygen atoms in total. The molecule has 1 fully saturated rings. The van der Waals surface area contributed by atoms with Gasteiger partial charge in [-0.1, -0.05) is 17.7 Å². The molecule has 2 aromatic heterocycles. The van der Waals surface area contributed by atoms with E-state index in [2.05, 4.69) is 32.5 Å². The summed E-state index contributed by atoms with van der Waals surface area (Å²) in [7, 11) is 2.10. The number of para-hydroxylation sites is 1. The number of H-pyrrole nitrogens is 1. The maximum Gasteiger partial charge on any atom is 0.255 e. The van der Waals surface area contributed by atoms with Gasteiger partial charge in [0.25, 0.3) is 5.91 Å². The SMILES string of the molecule is CC(F)Oc1c(Cl)cccc1Nc1c(-c2ccncc2OC[C@@H]2CCCN2C)[nH]c2c1C(=O)NCC2. The highest BCUT2D eigenvalue weighted by Crippen LogP contribution is 2.43. The van der Waals surface area contributed by atoms with Gasteiger partial charge in [0.1, 0.15) is 12.4 Å². The number of nitrogens with zero attached hydrogens (tertiary/aromatic N) is 2. The van der Waals surface area contributed by atoms with E-state index in [0.717, 1.165) is 30.6 Å². The molecular weight excluding hydrogens is 485 g/mol. The Morgan fingerprint density at radius 3 is 3.00 bits per heavy atom. The van der Waals surface area contributed by atoms with Gasteiger partial charge in [0.2, 0.25) is 6.36 Å². The van der Waals surface area contributed by atoms with E-state index < -0.39 is 6.36 Å². The van der Waals surface area contributed by atoms with Crippen molar-refractivity contribution in [1.29, 1.82) is 0 Å². The van der Waals surface area contributed by atoms with Gasteiger partial charge in [0, 0.05) is 43.4 Å². The number of aromatic nitrogens is 2. The number of benzene rings is 1. The largest absolute Gasteiger partial charge is 0.490 e.